The maximum atomic E-state index is 13.7. The number of non-ortho nitro benzene ring substituents is 1. The Morgan fingerprint density at radius 1 is 1.09 bits per heavy atom. The van der Waals surface area contributed by atoms with Crippen LogP contribution in [0.5, 0.6) is 0 Å². The lowest BCUT2D eigenvalue weighted by molar-refractivity contribution is -0.384. The average Bonchev–Trinajstić information content (AvgIpc) is 3.25. The number of piperidine rings is 1. The topological polar surface area (TPSA) is 154 Å². The number of methoxy groups -OCH3 is 1. The molecular formula is C30H38N6O7. The molecule has 0 bridgehead atoms. The first-order valence-electron chi connectivity index (χ1n) is 14.3. The van der Waals surface area contributed by atoms with Gasteiger partial charge >= 0.3 is 12.0 Å². The fraction of sp³-hybridized carbons (Fsp3) is 0.467. The number of nitro groups is 1. The number of esters is 1. The molecule has 2 saturated heterocycles. The van der Waals surface area contributed by atoms with Gasteiger partial charge in [0.1, 0.15) is 11.6 Å². The third kappa shape index (κ3) is 6.71. The molecule has 1 unspecified atom stereocenters. The molecule has 13 nitrogen and oxygen atoms in total. The molecule has 13 heteroatoms. The number of nitrogens with one attached hydrogen (secondary N) is 2. The van der Waals surface area contributed by atoms with E-state index in [0.717, 1.165) is 18.9 Å². The highest BCUT2D eigenvalue weighted by Gasteiger charge is 2.54. The van der Waals surface area contributed by atoms with E-state index in [2.05, 4.69) is 29.4 Å². The van der Waals surface area contributed by atoms with E-state index in [1.807, 2.05) is 35.2 Å². The smallest absolute Gasteiger partial charge is 0.330 e. The molecular weight excluding hydrogens is 556 g/mol. The van der Waals surface area contributed by atoms with Crippen molar-refractivity contribution in [2.45, 2.75) is 45.2 Å². The summed E-state index contributed by atoms with van der Waals surface area (Å²) in [6.45, 7) is 7.27. The number of carbonyl (C=O) groups excluding carboxylic acids is 4. The summed E-state index contributed by atoms with van der Waals surface area (Å²) < 4.78 is 4.81. The monoisotopic (exact) mass is 594 g/mol. The zero-order valence-corrected chi connectivity index (χ0v) is 24.9. The van der Waals surface area contributed by atoms with E-state index in [0.29, 0.717) is 50.6 Å². The number of nitrogens with zero attached hydrogens (tertiary/aromatic N) is 4. The summed E-state index contributed by atoms with van der Waals surface area (Å²) in [4.78, 5) is 68.5. The number of para-hydroxylation sites is 1. The maximum absolute atomic E-state index is 13.7. The first kappa shape index (κ1) is 31.3. The third-order valence-electron chi connectivity index (χ3n) is 7.97. The van der Waals surface area contributed by atoms with Gasteiger partial charge in [0.25, 0.3) is 11.6 Å². The SMILES string of the molecule is COC(=O)C(CNC(=O)N1CCC2(CC1)C(=O)N(CC(C)C)CN2c1ccccc1)NC(=O)c1cc([N+](=O)[O-])ccc1C. The van der Waals surface area contributed by atoms with Crippen molar-refractivity contribution in [1.29, 1.82) is 0 Å². The van der Waals surface area contributed by atoms with Crippen LogP contribution in [0.1, 0.15) is 42.6 Å². The lowest BCUT2D eigenvalue weighted by Gasteiger charge is -2.43. The predicted octanol–water partition coefficient (Wildman–Crippen LogP) is 2.68. The van der Waals surface area contributed by atoms with Crippen LogP contribution in [-0.2, 0) is 14.3 Å². The minimum atomic E-state index is -1.23. The number of hydrogen-bond acceptors (Lipinski definition) is 8. The van der Waals surface area contributed by atoms with Gasteiger partial charge in [-0.15, -0.1) is 0 Å². The second-order valence-corrected chi connectivity index (χ2v) is 11.3. The predicted molar refractivity (Wildman–Crippen MR) is 158 cm³/mol. The van der Waals surface area contributed by atoms with E-state index in [9.17, 15) is 29.3 Å². The van der Waals surface area contributed by atoms with Crippen LogP contribution in [0.4, 0.5) is 16.2 Å². The number of ether oxygens (including phenoxy) is 1. The van der Waals surface area contributed by atoms with Crippen molar-refractivity contribution < 1.29 is 28.8 Å². The first-order valence-corrected chi connectivity index (χ1v) is 14.3. The molecule has 2 aromatic rings. The summed E-state index contributed by atoms with van der Waals surface area (Å²) in [6, 6.07) is 12.0. The van der Waals surface area contributed by atoms with E-state index in [1.54, 1.807) is 11.8 Å². The summed E-state index contributed by atoms with van der Waals surface area (Å²) in [6.07, 6.45) is 0.873. The minimum absolute atomic E-state index is 0.0338. The summed E-state index contributed by atoms with van der Waals surface area (Å²) >= 11 is 0. The van der Waals surface area contributed by atoms with Crippen LogP contribution < -0.4 is 15.5 Å². The Morgan fingerprint density at radius 2 is 1.77 bits per heavy atom. The van der Waals surface area contributed by atoms with Gasteiger partial charge in [0.2, 0.25) is 5.91 Å². The van der Waals surface area contributed by atoms with Crippen LogP contribution in [0.25, 0.3) is 0 Å². The van der Waals surface area contributed by atoms with Gasteiger partial charge in [-0.3, -0.25) is 19.7 Å². The molecule has 2 heterocycles. The lowest BCUT2D eigenvalue weighted by Crippen LogP contribution is -2.59. The number of aryl methyl sites for hydroxylation is 1. The zero-order valence-electron chi connectivity index (χ0n) is 24.9. The Morgan fingerprint density at radius 3 is 2.37 bits per heavy atom. The lowest BCUT2D eigenvalue weighted by atomic mass is 9.85. The number of hydrogen-bond donors (Lipinski definition) is 2. The molecule has 1 spiro atoms. The highest BCUT2D eigenvalue weighted by atomic mass is 16.6. The Kier molecular flexibility index (Phi) is 9.52. The second-order valence-electron chi connectivity index (χ2n) is 11.3. The van der Waals surface area contributed by atoms with Gasteiger partial charge in [-0.25, -0.2) is 9.59 Å². The fourth-order valence-corrected chi connectivity index (χ4v) is 5.70. The van der Waals surface area contributed by atoms with Crippen molar-refractivity contribution >= 4 is 35.2 Å². The molecule has 0 saturated carbocycles. The van der Waals surface area contributed by atoms with E-state index in [4.69, 9.17) is 4.74 Å². The second kappa shape index (κ2) is 13.1. The van der Waals surface area contributed by atoms with Gasteiger partial charge in [-0.05, 0) is 43.4 Å². The third-order valence-corrected chi connectivity index (χ3v) is 7.97. The molecule has 43 heavy (non-hydrogen) atoms. The molecule has 0 radical (unpaired) electrons. The molecule has 230 valence electrons. The van der Waals surface area contributed by atoms with E-state index in [1.165, 1.54) is 12.1 Å². The van der Waals surface area contributed by atoms with Gasteiger partial charge in [0, 0.05) is 43.0 Å². The Labute approximate surface area is 250 Å². The molecule has 2 aromatic carbocycles. The van der Waals surface area contributed by atoms with Gasteiger partial charge in [0.15, 0.2) is 0 Å². The first-order chi connectivity index (χ1) is 20.5. The van der Waals surface area contributed by atoms with Gasteiger partial charge in [-0.2, -0.15) is 0 Å². The van der Waals surface area contributed by atoms with Crippen LogP contribution in [0, 0.1) is 23.0 Å². The minimum Gasteiger partial charge on any atom is -0.467 e. The number of amides is 4. The fourth-order valence-electron chi connectivity index (χ4n) is 5.70. The van der Waals surface area contributed by atoms with Crippen molar-refractivity contribution in [3.8, 4) is 0 Å². The van der Waals surface area contributed by atoms with Crippen molar-refractivity contribution in [2.24, 2.45) is 5.92 Å². The van der Waals surface area contributed by atoms with Gasteiger partial charge < -0.3 is 30.1 Å². The summed E-state index contributed by atoms with van der Waals surface area (Å²) in [5.74, 6) is -1.12. The number of rotatable bonds is 9. The molecule has 2 aliphatic heterocycles. The van der Waals surface area contributed by atoms with Crippen molar-refractivity contribution in [3.05, 3.63) is 69.8 Å². The van der Waals surface area contributed by atoms with Gasteiger partial charge in [-0.1, -0.05) is 38.1 Å². The molecule has 0 aromatic heterocycles. The highest BCUT2D eigenvalue weighted by Crippen LogP contribution is 2.39. The molecule has 4 rings (SSSR count). The van der Waals surface area contributed by atoms with Crippen LogP contribution in [0.15, 0.2) is 48.5 Å². The van der Waals surface area contributed by atoms with Crippen LogP contribution in [-0.4, -0.2) is 90.1 Å². The summed E-state index contributed by atoms with van der Waals surface area (Å²) in [7, 11) is 1.16. The van der Waals surface area contributed by atoms with Crippen molar-refractivity contribution in [1.82, 2.24) is 20.4 Å². The number of likely N-dealkylation sites (tertiary alicyclic amines) is 1. The number of urea groups is 1. The quantitative estimate of drug-likeness (QED) is 0.255. The van der Waals surface area contributed by atoms with E-state index >= 15 is 0 Å². The zero-order chi connectivity index (χ0) is 31.3. The Bertz CT molecular complexity index is 1370. The number of nitro benzene ring substituents is 1. The molecule has 0 aliphatic carbocycles. The highest BCUT2D eigenvalue weighted by molar-refractivity contribution is 5.98. The van der Waals surface area contributed by atoms with E-state index < -0.39 is 34.4 Å². The van der Waals surface area contributed by atoms with Gasteiger partial charge in [0.05, 0.1) is 25.2 Å². The number of anilines is 1. The van der Waals surface area contributed by atoms with Crippen LogP contribution in [0.3, 0.4) is 0 Å². The Balaban J connectivity index is 1.41. The molecule has 2 N–H and O–H groups in total. The number of carbonyl (C=O) groups is 4. The van der Waals surface area contributed by atoms with Crippen LogP contribution >= 0.6 is 0 Å². The molecule has 4 amide bonds. The largest absolute Gasteiger partial charge is 0.467 e. The van der Waals surface area contributed by atoms with E-state index in [-0.39, 0.29) is 23.7 Å². The van der Waals surface area contributed by atoms with Crippen molar-refractivity contribution in [2.75, 3.05) is 44.9 Å². The average molecular weight is 595 g/mol. The maximum Gasteiger partial charge on any atom is 0.330 e. The molecule has 2 fully saturated rings. The standard InChI is InChI=1S/C30H38N6O7/c1-20(2)18-34-19-35(22-8-6-5-7-9-22)30(28(34)39)12-14-33(15-13-30)29(40)31-17-25(27(38)43-4)32-26(37)24-16-23(36(41)42)11-10-21(24)3/h5-11,16,20,25H,12-15,17-19H2,1-4H3,(H,31,40)(H,32,37). The van der Waals surface area contributed by atoms with Crippen LogP contribution in [0.2, 0.25) is 0 Å². The molecule has 1 atom stereocenters. The normalized spacial score (nSPS) is 16.8. The summed E-state index contributed by atoms with van der Waals surface area (Å²) in [5.41, 5.74) is 0.449. The molecule has 2 aliphatic rings. The Hall–Kier alpha value is -4.68. The number of benzene rings is 2. The van der Waals surface area contributed by atoms with Crippen molar-refractivity contribution in [3.63, 3.8) is 0 Å². The summed E-state index contributed by atoms with van der Waals surface area (Å²) in [5, 5.41) is 16.4.